The van der Waals surface area contributed by atoms with Crippen LogP contribution in [0.1, 0.15) is 18.2 Å². The number of carbonyl (C=O) groups excluding carboxylic acids is 1. The van der Waals surface area contributed by atoms with Crippen molar-refractivity contribution in [3.05, 3.63) is 78.0 Å². The van der Waals surface area contributed by atoms with E-state index in [4.69, 9.17) is 4.74 Å². The molecule has 1 amide bonds. The van der Waals surface area contributed by atoms with Crippen LogP contribution in [0, 0.1) is 0 Å². The molecule has 0 spiro atoms. The van der Waals surface area contributed by atoms with E-state index >= 15 is 0 Å². The third-order valence-electron chi connectivity index (χ3n) is 5.12. The first-order chi connectivity index (χ1) is 14.1. The van der Waals surface area contributed by atoms with Crippen molar-refractivity contribution in [3.8, 4) is 5.75 Å². The predicted octanol–water partition coefficient (Wildman–Crippen LogP) is 1.69. The zero-order valence-corrected chi connectivity index (χ0v) is 17.6. The highest BCUT2D eigenvalue weighted by Gasteiger charge is 2.19. The van der Waals surface area contributed by atoms with Crippen LogP contribution in [0.2, 0.25) is 0 Å². The maximum atomic E-state index is 11.6. The Balaban J connectivity index is 0.00000256. The van der Waals surface area contributed by atoms with Gasteiger partial charge in [0, 0.05) is 17.1 Å². The number of aryl methyl sites for hydroxylation is 1. The van der Waals surface area contributed by atoms with Crippen LogP contribution < -0.4 is 22.3 Å². The predicted molar refractivity (Wildman–Crippen MR) is 114 cm³/mol. The fraction of sp³-hybridized carbons (Fsp3) is 0.167. The molecule has 1 heterocycles. The molecular formula is C24H23ClN2O3. The molecule has 0 saturated carbocycles. The van der Waals surface area contributed by atoms with Gasteiger partial charge in [-0.1, -0.05) is 24.3 Å². The number of rotatable bonds is 4. The number of para-hydroxylation sites is 1. The van der Waals surface area contributed by atoms with E-state index < -0.39 is 6.09 Å². The molecule has 4 rings (SSSR count). The molecule has 0 aliphatic carbocycles. The van der Waals surface area contributed by atoms with Crippen molar-refractivity contribution in [2.75, 3.05) is 11.9 Å². The van der Waals surface area contributed by atoms with E-state index in [0.717, 1.165) is 32.9 Å². The lowest BCUT2D eigenvalue weighted by atomic mass is 9.99. The Hall–Kier alpha value is -3.31. The van der Waals surface area contributed by atoms with Crippen LogP contribution in [0.4, 0.5) is 10.5 Å². The highest BCUT2D eigenvalue weighted by Crippen LogP contribution is 2.29. The third-order valence-corrected chi connectivity index (χ3v) is 5.12. The summed E-state index contributed by atoms with van der Waals surface area (Å²) in [6.07, 6.45) is 0.240. The average Bonchev–Trinajstić information content (AvgIpc) is 2.72. The van der Waals surface area contributed by atoms with Crippen molar-refractivity contribution in [3.63, 3.8) is 0 Å². The molecule has 0 atom stereocenters. The van der Waals surface area contributed by atoms with Crippen LogP contribution in [0.5, 0.6) is 5.75 Å². The van der Waals surface area contributed by atoms with Gasteiger partial charge < -0.3 is 22.3 Å². The van der Waals surface area contributed by atoms with Gasteiger partial charge in [0.15, 0.2) is 5.69 Å². The van der Waals surface area contributed by atoms with Gasteiger partial charge in [0.25, 0.3) is 0 Å². The molecular weight excluding hydrogens is 400 g/mol. The number of anilines is 1. The zero-order valence-electron chi connectivity index (χ0n) is 16.9. The second-order valence-corrected chi connectivity index (χ2v) is 6.97. The number of carbonyl (C=O) groups is 1. The molecule has 0 radical (unpaired) electrons. The summed E-state index contributed by atoms with van der Waals surface area (Å²) < 4.78 is 7.09. The number of nitrogens with one attached hydrogen (secondary N) is 1. The summed E-state index contributed by atoms with van der Waals surface area (Å²) in [7, 11) is 2.05. The number of nitrogens with zero attached hydrogens (tertiary/aromatic N) is 1. The lowest BCUT2D eigenvalue weighted by Gasteiger charge is -2.10. The molecule has 0 bridgehead atoms. The van der Waals surface area contributed by atoms with Crippen LogP contribution >= 0.6 is 0 Å². The number of benzene rings is 3. The highest BCUT2D eigenvalue weighted by molar-refractivity contribution is 6.05. The summed E-state index contributed by atoms with van der Waals surface area (Å²) in [4.78, 5) is 11.6. The maximum Gasteiger partial charge on any atom is 0.411 e. The van der Waals surface area contributed by atoms with E-state index in [1.54, 1.807) is 13.0 Å². The van der Waals surface area contributed by atoms with Crippen molar-refractivity contribution in [2.45, 2.75) is 13.3 Å². The SMILES string of the molecule is CCOC(=O)Nc1ccc(Cc2c3cc(O)ccc3c3ccccc3[n+]2C)cc1.[Cl-]. The molecule has 5 nitrogen and oxygen atoms in total. The van der Waals surface area contributed by atoms with Crippen LogP contribution in [-0.2, 0) is 18.2 Å². The van der Waals surface area contributed by atoms with Gasteiger partial charge in [-0.2, -0.15) is 4.57 Å². The number of hydrogen-bond donors (Lipinski definition) is 2. The molecule has 2 N–H and O–H groups in total. The van der Waals surface area contributed by atoms with Crippen molar-refractivity contribution >= 4 is 33.5 Å². The van der Waals surface area contributed by atoms with E-state index in [0.29, 0.717) is 18.7 Å². The summed E-state index contributed by atoms with van der Waals surface area (Å²) in [5.74, 6) is 0.253. The molecule has 1 aromatic heterocycles. The first-order valence-corrected chi connectivity index (χ1v) is 9.62. The number of phenols is 1. The van der Waals surface area contributed by atoms with Gasteiger partial charge in [0.1, 0.15) is 12.8 Å². The van der Waals surface area contributed by atoms with Crippen molar-refractivity contribution in [1.82, 2.24) is 0 Å². The van der Waals surface area contributed by atoms with Crippen molar-refractivity contribution in [1.29, 1.82) is 0 Å². The average molecular weight is 423 g/mol. The number of hydrogen-bond acceptors (Lipinski definition) is 3. The van der Waals surface area contributed by atoms with E-state index in [9.17, 15) is 9.90 Å². The molecule has 0 aliphatic rings. The standard InChI is InChI=1S/C24H22N2O3.ClH/c1-3-29-24(28)25-17-10-8-16(9-11-17)14-23-21-15-18(27)12-13-19(21)20-6-4-5-7-22(20)26(23)2;/h4-13,15H,3,14H2,1-2H3,(H-,25,27,28);1H. The molecule has 6 heteroatoms. The fourth-order valence-electron chi connectivity index (χ4n) is 3.72. The molecule has 3 aromatic carbocycles. The number of phenolic OH excluding ortho intramolecular Hbond substituents is 1. The summed E-state index contributed by atoms with van der Waals surface area (Å²) in [5, 5.41) is 16.1. The second-order valence-electron chi connectivity index (χ2n) is 6.97. The number of pyridine rings is 1. The molecule has 0 aliphatic heterocycles. The van der Waals surface area contributed by atoms with Gasteiger partial charge in [0.05, 0.1) is 23.8 Å². The topological polar surface area (TPSA) is 62.4 Å². The first-order valence-electron chi connectivity index (χ1n) is 9.62. The number of fused-ring (bicyclic) bond motifs is 3. The lowest BCUT2D eigenvalue weighted by molar-refractivity contribution is -0.651. The number of ether oxygens (including phenoxy) is 1. The van der Waals surface area contributed by atoms with Crippen LogP contribution in [0.25, 0.3) is 21.7 Å². The fourth-order valence-corrected chi connectivity index (χ4v) is 3.72. The Morgan fingerprint density at radius 2 is 1.73 bits per heavy atom. The third kappa shape index (κ3) is 4.16. The number of halogens is 1. The maximum absolute atomic E-state index is 11.6. The lowest BCUT2D eigenvalue weighted by Crippen LogP contribution is -3.00. The minimum Gasteiger partial charge on any atom is -1.00 e. The Bertz CT molecular complexity index is 1210. The Morgan fingerprint density at radius 1 is 1.00 bits per heavy atom. The molecule has 0 saturated heterocycles. The van der Waals surface area contributed by atoms with E-state index in [1.165, 1.54) is 0 Å². The largest absolute Gasteiger partial charge is 1.00 e. The zero-order chi connectivity index (χ0) is 20.4. The number of amides is 1. The normalized spacial score (nSPS) is 10.6. The van der Waals surface area contributed by atoms with Gasteiger partial charge in [-0.05, 0) is 48.9 Å². The van der Waals surface area contributed by atoms with Crippen LogP contribution in [-0.4, -0.2) is 17.8 Å². The van der Waals surface area contributed by atoms with E-state index in [-0.39, 0.29) is 18.2 Å². The minimum absolute atomic E-state index is 0. The molecule has 4 aromatic rings. The quantitative estimate of drug-likeness (QED) is 0.388. The smallest absolute Gasteiger partial charge is 0.411 e. The van der Waals surface area contributed by atoms with Crippen molar-refractivity contribution < 1.29 is 31.6 Å². The van der Waals surface area contributed by atoms with E-state index in [2.05, 4.69) is 29.1 Å². The van der Waals surface area contributed by atoms with Gasteiger partial charge >= 0.3 is 6.09 Å². The highest BCUT2D eigenvalue weighted by atomic mass is 35.5. The first kappa shape index (κ1) is 21.4. The number of aromatic hydroxyl groups is 1. The molecule has 0 fully saturated rings. The molecule has 154 valence electrons. The van der Waals surface area contributed by atoms with Gasteiger partial charge in [0.2, 0.25) is 5.52 Å². The van der Waals surface area contributed by atoms with Crippen LogP contribution in [0.3, 0.4) is 0 Å². The van der Waals surface area contributed by atoms with Gasteiger partial charge in [-0.25, -0.2) is 4.79 Å². The molecule has 30 heavy (non-hydrogen) atoms. The summed E-state index contributed by atoms with van der Waals surface area (Å²) in [6.45, 7) is 2.11. The molecule has 0 unspecified atom stereocenters. The van der Waals surface area contributed by atoms with Gasteiger partial charge in [-0.3, -0.25) is 5.32 Å². The van der Waals surface area contributed by atoms with Crippen molar-refractivity contribution in [2.24, 2.45) is 7.05 Å². The Morgan fingerprint density at radius 3 is 2.47 bits per heavy atom. The summed E-state index contributed by atoms with van der Waals surface area (Å²) in [5.41, 5.74) is 4.05. The summed E-state index contributed by atoms with van der Waals surface area (Å²) >= 11 is 0. The van der Waals surface area contributed by atoms with Gasteiger partial charge in [-0.15, -0.1) is 0 Å². The minimum atomic E-state index is -0.456. The van der Waals surface area contributed by atoms with Crippen LogP contribution in [0.15, 0.2) is 66.7 Å². The monoisotopic (exact) mass is 422 g/mol. The second kappa shape index (κ2) is 9.01. The van der Waals surface area contributed by atoms with E-state index in [1.807, 2.05) is 48.5 Å². The Labute approximate surface area is 181 Å². The summed E-state index contributed by atoms with van der Waals surface area (Å²) in [6, 6.07) is 21.5. The number of aromatic nitrogens is 1. The Kier molecular flexibility index (Phi) is 6.43.